The first-order valence-corrected chi connectivity index (χ1v) is 8.08. The minimum Gasteiger partial charge on any atom is -0.496 e. The fourth-order valence-electron chi connectivity index (χ4n) is 2.48. The number of nitrogens with one attached hydrogen (secondary N) is 1. The van der Waals surface area contributed by atoms with Crippen LogP contribution >= 0.6 is 11.6 Å². The molecule has 0 aliphatic rings. The zero-order valence-electron chi connectivity index (χ0n) is 14.4. The number of hydrogen-bond donors (Lipinski definition) is 1. The van der Waals surface area contributed by atoms with E-state index in [2.05, 4.69) is 16.5 Å². The molecule has 1 heterocycles. The molecule has 0 bridgehead atoms. The van der Waals surface area contributed by atoms with Crippen LogP contribution in [0.1, 0.15) is 22.4 Å². The topological polar surface area (TPSA) is 56.1 Å². The summed E-state index contributed by atoms with van der Waals surface area (Å²) in [6, 6.07) is 6.02. The van der Waals surface area contributed by atoms with Crippen LogP contribution < -0.4 is 10.1 Å². The van der Waals surface area contributed by atoms with Crippen molar-refractivity contribution in [2.75, 3.05) is 13.7 Å². The molecule has 0 fully saturated rings. The van der Waals surface area contributed by atoms with E-state index < -0.39 is 0 Å². The molecule has 128 valence electrons. The number of amides is 1. The van der Waals surface area contributed by atoms with Crippen molar-refractivity contribution in [3.05, 3.63) is 51.8 Å². The number of aromatic nitrogens is 2. The quantitative estimate of drug-likeness (QED) is 0.817. The van der Waals surface area contributed by atoms with Crippen LogP contribution in [-0.4, -0.2) is 29.3 Å². The Hall–Kier alpha value is -2.27. The molecule has 0 unspecified atom stereocenters. The van der Waals surface area contributed by atoms with Gasteiger partial charge in [0.25, 0.3) is 0 Å². The molecule has 24 heavy (non-hydrogen) atoms. The number of carbonyl (C=O) groups is 1. The molecule has 0 saturated carbocycles. The smallest absolute Gasteiger partial charge is 0.244 e. The Morgan fingerprint density at radius 1 is 1.42 bits per heavy atom. The molecule has 1 aromatic heterocycles. The number of rotatable bonds is 6. The fraction of sp³-hybridized carbons (Fsp3) is 0.333. The third-order valence-corrected chi connectivity index (χ3v) is 4.18. The Labute approximate surface area is 147 Å². The Morgan fingerprint density at radius 2 is 2.17 bits per heavy atom. The molecule has 1 amide bonds. The number of carbonyl (C=O) groups excluding carboxylic acids is 1. The molecule has 0 radical (unpaired) electrons. The Bertz CT molecular complexity index is 766. The van der Waals surface area contributed by atoms with Gasteiger partial charge in [0.15, 0.2) is 0 Å². The van der Waals surface area contributed by atoms with E-state index in [1.165, 1.54) is 11.6 Å². The van der Waals surface area contributed by atoms with Gasteiger partial charge in [0.1, 0.15) is 10.9 Å². The van der Waals surface area contributed by atoms with E-state index in [-0.39, 0.29) is 5.91 Å². The van der Waals surface area contributed by atoms with Gasteiger partial charge < -0.3 is 10.1 Å². The highest BCUT2D eigenvalue weighted by atomic mass is 35.5. The van der Waals surface area contributed by atoms with Crippen molar-refractivity contribution < 1.29 is 9.53 Å². The molecule has 6 heteroatoms. The number of halogens is 1. The van der Waals surface area contributed by atoms with Gasteiger partial charge in [-0.1, -0.05) is 29.3 Å². The summed E-state index contributed by atoms with van der Waals surface area (Å²) < 4.78 is 6.92. The van der Waals surface area contributed by atoms with Crippen molar-refractivity contribution in [3.63, 3.8) is 0 Å². The van der Waals surface area contributed by atoms with E-state index in [1.807, 2.05) is 26.0 Å². The molecule has 1 N–H and O–H groups in total. The highest BCUT2D eigenvalue weighted by Gasteiger charge is 2.08. The SMILES string of the molecule is COc1ccc(C)cc1CCNC(=O)/C=C/c1c(C)nn(C)c1Cl. The van der Waals surface area contributed by atoms with Gasteiger partial charge in [-0.3, -0.25) is 9.48 Å². The molecule has 0 aliphatic heterocycles. The lowest BCUT2D eigenvalue weighted by molar-refractivity contribution is -0.116. The van der Waals surface area contributed by atoms with Crippen molar-refractivity contribution in [1.29, 1.82) is 0 Å². The summed E-state index contributed by atoms with van der Waals surface area (Å²) in [7, 11) is 3.41. The lowest BCUT2D eigenvalue weighted by Gasteiger charge is -2.09. The summed E-state index contributed by atoms with van der Waals surface area (Å²) in [6.07, 6.45) is 3.87. The molecule has 0 atom stereocenters. The molecule has 0 saturated heterocycles. The maximum absolute atomic E-state index is 12.0. The van der Waals surface area contributed by atoms with Crippen LogP contribution in [-0.2, 0) is 18.3 Å². The van der Waals surface area contributed by atoms with Crippen LogP contribution in [0, 0.1) is 13.8 Å². The van der Waals surface area contributed by atoms with Crippen LogP contribution in [0.25, 0.3) is 6.08 Å². The molecule has 1 aromatic carbocycles. The van der Waals surface area contributed by atoms with E-state index >= 15 is 0 Å². The first kappa shape index (κ1) is 18.1. The van der Waals surface area contributed by atoms with E-state index in [0.29, 0.717) is 18.1 Å². The fourth-order valence-corrected chi connectivity index (χ4v) is 2.71. The Morgan fingerprint density at radius 3 is 2.79 bits per heavy atom. The Kier molecular flexibility index (Phi) is 6.04. The lowest BCUT2D eigenvalue weighted by Crippen LogP contribution is -2.23. The third kappa shape index (κ3) is 4.38. The van der Waals surface area contributed by atoms with Crippen LogP contribution in [0.3, 0.4) is 0 Å². The van der Waals surface area contributed by atoms with E-state index in [9.17, 15) is 4.79 Å². The standard InChI is InChI=1S/C18H22ClN3O2/c1-12-5-7-16(24-4)14(11-12)9-10-20-17(23)8-6-15-13(2)21-22(3)18(15)19/h5-8,11H,9-10H2,1-4H3,(H,20,23)/b8-6+. The van der Waals surface area contributed by atoms with Crippen molar-refractivity contribution in [2.24, 2.45) is 7.05 Å². The highest BCUT2D eigenvalue weighted by Crippen LogP contribution is 2.20. The number of aryl methyl sites for hydroxylation is 3. The van der Waals surface area contributed by atoms with Gasteiger partial charge in [-0.2, -0.15) is 5.10 Å². The Balaban J connectivity index is 1.92. The molecular weight excluding hydrogens is 326 g/mol. The maximum Gasteiger partial charge on any atom is 0.244 e. The number of methoxy groups -OCH3 is 1. The average Bonchev–Trinajstić information content (AvgIpc) is 2.78. The van der Waals surface area contributed by atoms with Crippen molar-refractivity contribution in [1.82, 2.24) is 15.1 Å². The molecule has 0 spiro atoms. The first-order valence-electron chi connectivity index (χ1n) is 7.71. The number of ether oxygens (including phenoxy) is 1. The molecule has 2 rings (SSSR count). The van der Waals surface area contributed by atoms with Gasteiger partial charge in [-0.15, -0.1) is 0 Å². The minimum atomic E-state index is -0.166. The van der Waals surface area contributed by atoms with E-state index in [0.717, 1.165) is 22.6 Å². The average molecular weight is 348 g/mol. The minimum absolute atomic E-state index is 0.166. The molecule has 0 aliphatic carbocycles. The maximum atomic E-state index is 12.0. The predicted octanol–water partition coefficient (Wildman–Crippen LogP) is 3.07. The monoisotopic (exact) mass is 347 g/mol. The molecule has 5 nitrogen and oxygen atoms in total. The van der Waals surface area contributed by atoms with Gasteiger partial charge >= 0.3 is 0 Å². The molecule has 2 aromatic rings. The summed E-state index contributed by atoms with van der Waals surface area (Å²) in [5.74, 6) is 0.670. The largest absolute Gasteiger partial charge is 0.496 e. The van der Waals surface area contributed by atoms with Crippen LogP contribution in [0.15, 0.2) is 24.3 Å². The summed E-state index contributed by atoms with van der Waals surface area (Å²) >= 11 is 6.13. The van der Waals surface area contributed by atoms with Crippen molar-refractivity contribution in [2.45, 2.75) is 20.3 Å². The zero-order valence-corrected chi connectivity index (χ0v) is 15.1. The summed E-state index contributed by atoms with van der Waals surface area (Å²) in [5.41, 5.74) is 3.79. The third-order valence-electron chi connectivity index (χ3n) is 3.73. The van der Waals surface area contributed by atoms with Crippen molar-refractivity contribution in [3.8, 4) is 5.75 Å². The van der Waals surface area contributed by atoms with Crippen LogP contribution in [0.4, 0.5) is 0 Å². The number of nitrogens with zero attached hydrogens (tertiary/aromatic N) is 2. The molecular formula is C18H22ClN3O2. The zero-order chi connectivity index (χ0) is 17.7. The highest BCUT2D eigenvalue weighted by molar-refractivity contribution is 6.31. The summed E-state index contributed by atoms with van der Waals surface area (Å²) in [5, 5.41) is 7.59. The second kappa shape index (κ2) is 8.02. The van der Waals surface area contributed by atoms with Gasteiger partial charge in [0.05, 0.1) is 12.8 Å². The van der Waals surface area contributed by atoms with Gasteiger partial charge in [0, 0.05) is 25.2 Å². The van der Waals surface area contributed by atoms with Gasteiger partial charge in [-0.25, -0.2) is 0 Å². The van der Waals surface area contributed by atoms with Gasteiger partial charge in [-0.05, 0) is 38.0 Å². The van der Waals surface area contributed by atoms with Crippen LogP contribution in [0.2, 0.25) is 5.15 Å². The van der Waals surface area contributed by atoms with Crippen molar-refractivity contribution >= 4 is 23.6 Å². The first-order chi connectivity index (χ1) is 11.4. The van der Waals surface area contributed by atoms with E-state index in [4.69, 9.17) is 16.3 Å². The predicted molar refractivity (Wildman–Crippen MR) is 96.4 cm³/mol. The van der Waals surface area contributed by atoms with E-state index in [1.54, 1.807) is 24.9 Å². The number of hydrogen-bond acceptors (Lipinski definition) is 3. The number of benzene rings is 1. The van der Waals surface area contributed by atoms with Gasteiger partial charge in [0.2, 0.25) is 5.91 Å². The second-order valence-electron chi connectivity index (χ2n) is 5.60. The second-order valence-corrected chi connectivity index (χ2v) is 5.96. The van der Waals surface area contributed by atoms with Crippen LogP contribution in [0.5, 0.6) is 5.75 Å². The lowest BCUT2D eigenvalue weighted by atomic mass is 10.1. The normalized spacial score (nSPS) is 11.0. The summed E-state index contributed by atoms with van der Waals surface area (Å²) in [6.45, 7) is 4.42. The summed E-state index contributed by atoms with van der Waals surface area (Å²) in [4.78, 5) is 12.0.